The molecular formula is C13H22O9. The van der Waals surface area contributed by atoms with Gasteiger partial charge in [0.2, 0.25) is 0 Å². The van der Waals surface area contributed by atoms with E-state index in [1.807, 2.05) is 0 Å². The second-order valence-electron chi connectivity index (χ2n) is 4.82. The molecule has 0 aromatic heterocycles. The summed E-state index contributed by atoms with van der Waals surface area (Å²) < 4.78 is 20.0. The Morgan fingerprint density at radius 2 is 1.91 bits per heavy atom. The summed E-state index contributed by atoms with van der Waals surface area (Å²) in [6.45, 7) is 0. The van der Waals surface area contributed by atoms with E-state index in [1.165, 1.54) is 7.11 Å². The van der Waals surface area contributed by atoms with E-state index in [-0.39, 0.29) is 0 Å². The van der Waals surface area contributed by atoms with Gasteiger partial charge in [0.25, 0.3) is 0 Å². The summed E-state index contributed by atoms with van der Waals surface area (Å²) in [5, 5.41) is 29.4. The second kappa shape index (κ2) is 9.13. The van der Waals surface area contributed by atoms with Crippen molar-refractivity contribution < 1.29 is 43.9 Å². The van der Waals surface area contributed by atoms with Crippen molar-refractivity contribution in [2.45, 2.75) is 56.3 Å². The Balaban J connectivity index is 2.70. The largest absolute Gasteiger partial charge is 0.467 e. The lowest BCUT2D eigenvalue weighted by Crippen LogP contribution is -2.61. The average molecular weight is 322 g/mol. The van der Waals surface area contributed by atoms with Gasteiger partial charge in [-0.15, -0.1) is 0 Å². The number of hydrogen-bond acceptors (Lipinski definition) is 9. The summed E-state index contributed by atoms with van der Waals surface area (Å²) in [6.07, 6.45) is -6.60. The van der Waals surface area contributed by atoms with Gasteiger partial charge >= 0.3 is 5.97 Å². The molecule has 0 saturated carbocycles. The summed E-state index contributed by atoms with van der Waals surface area (Å²) in [6, 6.07) is 0. The zero-order chi connectivity index (χ0) is 16.7. The molecule has 1 saturated heterocycles. The van der Waals surface area contributed by atoms with E-state index in [0.717, 1.165) is 13.4 Å². The number of esters is 1. The van der Waals surface area contributed by atoms with Gasteiger partial charge in [-0.25, -0.2) is 4.79 Å². The molecule has 22 heavy (non-hydrogen) atoms. The molecule has 0 unspecified atom stereocenters. The van der Waals surface area contributed by atoms with Gasteiger partial charge in [0.05, 0.1) is 7.11 Å². The number of methoxy groups -OCH3 is 2. The third-order valence-corrected chi connectivity index (χ3v) is 3.31. The lowest BCUT2D eigenvalue weighted by Gasteiger charge is -2.39. The maximum Gasteiger partial charge on any atom is 0.337 e. The molecule has 0 aromatic carbocycles. The fourth-order valence-corrected chi connectivity index (χ4v) is 2.03. The molecule has 1 heterocycles. The average Bonchev–Trinajstić information content (AvgIpc) is 2.53. The van der Waals surface area contributed by atoms with Gasteiger partial charge in [-0.2, -0.15) is 0 Å². The number of hydrogen-bond donors (Lipinski definition) is 3. The van der Waals surface area contributed by atoms with E-state index in [0.29, 0.717) is 19.3 Å². The zero-order valence-electron chi connectivity index (χ0n) is 12.5. The van der Waals surface area contributed by atoms with Crippen molar-refractivity contribution in [1.82, 2.24) is 0 Å². The molecule has 0 aliphatic carbocycles. The normalized spacial score (nSPS) is 33.2. The van der Waals surface area contributed by atoms with E-state index in [1.54, 1.807) is 0 Å². The van der Waals surface area contributed by atoms with Gasteiger partial charge in [-0.3, -0.25) is 0 Å². The molecule has 1 fully saturated rings. The van der Waals surface area contributed by atoms with Crippen molar-refractivity contribution in [3.8, 4) is 0 Å². The van der Waals surface area contributed by atoms with Crippen LogP contribution in [0.1, 0.15) is 19.3 Å². The first kappa shape index (κ1) is 18.9. The summed E-state index contributed by atoms with van der Waals surface area (Å²) in [5.74, 6) is -0.901. The van der Waals surface area contributed by atoms with Crippen LogP contribution in [0.3, 0.4) is 0 Å². The Labute approximate surface area is 127 Å². The van der Waals surface area contributed by atoms with Crippen LogP contribution in [0, 0.1) is 0 Å². The lowest BCUT2D eigenvalue weighted by molar-refractivity contribution is -0.329. The number of carbonyl (C=O) groups excluding carboxylic acids is 2. The lowest BCUT2D eigenvalue weighted by atomic mass is 9.99. The molecule has 0 amide bonds. The molecule has 9 heteroatoms. The van der Waals surface area contributed by atoms with Crippen LogP contribution >= 0.6 is 0 Å². The molecule has 0 aromatic rings. The highest BCUT2D eigenvalue weighted by Crippen LogP contribution is 2.24. The van der Waals surface area contributed by atoms with E-state index in [4.69, 9.17) is 14.2 Å². The molecule has 0 bridgehead atoms. The van der Waals surface area contributed by atoms with Crippen LogP contribution in [-0.2, 0) is 28.5 Å². The van der Waals surface area contributed by atoms with Crippen LogP contribution in [0.2, 0.25) is 0 Å². The third kappa shape index (κ3) is 4.70. The van der Waals surface area contributed by atoms with Crippen molar-refractivity contribution >= 4 is 12.3 Å². The minimum Gasteiger partial charge on any atom is -0.467 e. The zero-order valence-corrected chi connectivity index (χ0v) is 12.5. The fraction of sp³-hybridized carbons (Fsp3) is 0.846. The summed E-state index contributed by atoms with van der Waals surface area (Å²) in [5.41, 5.74) is 0. The first-order valence-corrected chi connectivity index (χ1v) is 6.85. The highest BCUT2D eigenvalue weighted by atomic mass is 16.8. The molecule has 1 aliphatic heterocycles. The number of aliphatic hydroxyl groups is 3. The van der Waals surface area contributed by atoms with Crippen LogP contribution < -0.4 is 0 Å². The second-order valence-corrected chi connectivity index (χ2v) is 4.82. The van der Waals surface area contributed by atoms with E-state index in [2.05, 4.69) is 4.74 Å². The highest BCUT2D eigenvalue weighted by molar-refractivity contribution is 5.75. The Bertz CT molecular complexity index is 361. The van der Waals surface area contributed by atoms with Gasteiger partial charge in [-0.05, 0) is 12.8 Å². The minimum absolute atomic E-state index is 0.323. The third-order valence-electron chi connectivity index (χ3n) is 3.31. The van der Waals surface area contributed by atoms with Gasteiger partial charge in [0.1, 0.15) is 24.6 Å². The molecule has 3 N–H and O–H groups in total. The van der Waals surface area contributed by atoms with Gasteiger partial charge in [-0.1, -0.05) is 0 Å². The number of carbonyl (C=O) groups is 2. The number of unbranched alkanes of at least 4 members (excludes halogenated alkanes) is 1. The van der Waals surface area contributed by atoms with E-state index < -0.39 is 43.0 Å². The Morgan fingerprint density at radius 1 is 1.23 bits per heavy atom. The monoisotopic (exact) mass is 322 g/mol. The Kier molecular flexibility index (Phi) is 7.87. The van der Waals surface area contributed by atoms with Crippen LogP contribution in [0.15, 0.2) is 0 Å². The van der Waals surface area contributed by atoms with Gasteiger partial charge in [0.15, 0.2) is 18.7 Å². The smallest absolute Gasteiger partial charge is 0.337 e. The fourth-order valence-electron chi connectivity index (χ4n) is 2.03. The maximum absolute atomic E-state index is 11.5. The van der Waals surface area contributed by atoms with E-state index in [9.17, 15) is 24.9 Å². The quantitative estimate of drug-likeness (QED) is 0.207. The molecule has 1 aliphatic rings. The summed E-state index contributed by atoms with van der Waals surface area (Å²) in [4.78, 5) is 21.8. The molecule has 1 rings (SSSR count). The van der Waals surface area contributed by atoms with Crippen molar-refractivity contribution in [3.05, 3.63) is 0 Å². The van der Waals surface area contributed by atoms with E-state index >= 15 is 0 Å². The predicted octanol–water partition coefficient (Wildman–Crippen LogP) is -1.67. The van der Waals surface area contributed by atoms with Crippen molar-refractivity contribution in [3.63, 3.8) is 0 Å². The van der Waals surface area contributed by atoms with Crippen molar-refractivity contribution in [2.24, 2.45) is 0 Å². The molecule has 0 radical (unpaired) electrons. The van der Waals surface area contributed by atoms with Crippen LogP contribution in [0.25, 0.3) is 0 Å². The molecule has 0 spiro atoms. The van der Waals surface area contributed by atoms with Crippen LogP contribution in [-0.4, -0.2) is 78.8 Å². The van der Waals surface area contributed by atoms with Crippen molar-refractivity contribution in [2.75, 3.05) is 14.2 Å². The molecular weight excluding hydrogens is 300 g/mol. The molecule has 128 valence electrons. The number of rotatable bonds is 8. The van der Waals surface area contributed by atoms with Crippen molar-refractivity contribution in [1.29, 1.82) is 0 Å². The summed E-state index contributed by atoms with van der Waals surface area (Å²) >= 11 is 0. The van der Waals surface area contributed by atoms with Crippen LogP contribution in [0.5, 0.6) is 0 Å². The predicted molar refractivity (Wildman–Crippen MR) is 70.5 cm³/mol. The first-order chi connectivity index (χ1) is 10.5. The van der Waals surface area contributed by atoms with Crippen LogP contribution in [0.4, 0.5) is 0 Å². The first-order valence-electron chi connectivity index (χ1n) is 6.85. The minimum atomic E-state index is -1.64. The topological polar surface area (TPSA) is 132 Å². The Hall–Kier alpha value is -1.10. The Morgan fingerprint density at radius 3 is 2.45 bits per heavy atom. The molecule has 9 nitrogen and oxygen atoms in total. The highest BCUT2D eigenvalue weighted by Gasteiger charge is 2.48. The summed E-state index contributed by atoms with van der Waals surface area (Å²) in [7, 11) is 2.47. The standard InChI is InChI=1S/C13H22O9/c1-19-7(5-3-4-6-14)21-13-10(17)8(15)9(16)11(22-13)12(18)20-2/h6-11,13,15-17H,3-5H2,1-2H3/t7-,8+,9+,10-,11+,13-/m1/s1. The number of aldehydes is 1. The van der Waals surface area contributed by atoms with Gasteiger partial charge in [0, 0.05) is 13.5 Å². The maximum atomic E-state index is 11.5. The van der Waals surface area contributed by atoms with Gasteiger partial charge < -0.3 is 39.1 Å². The number of ether oxygens (including phenoxy) is 4. The SMILES string of the molecule is COC(=O)[C@H]1O[C@@H](O[C@H](CCCC=O)OC)[C@H](O)[C@@H](O)[C@@H]1O. The number of aliphatic hydroxyl groups excluding tert-OH is 3. The molecule has 6 atom stereocenters.